The van der Waals surface area contributed by atoms with Gasteiger partial charge in [-0.2, -0.15) is 5.10 Å². The summed E-state index contributed by atoms with van der Waals surface area (Å²) in [6.45, 7) is 0.844. The minimum Gasteiger partial charge on any atom is -0.316 e. The lowest BCUT2D eigenvalue weighted by Gasteiger charge is -1.92. The van der Waals surface area contributed by atoms with Crippen molar-refractivity contribution in [2.24, 2.45) is 0 Å². The number of hydrogen-bond donors (Lipinski definition) is 2. The van der Waals surface area contributed by atoms with Gasteiger partial charge in [0.15, 0.2) is 0 Å². The Kier molecular flexibility index (Phi) is 2.24. The molecule has 50 valence electrons. The van der Waals surface area contributed by atoms with E-state index >= 15 is 0 Å². The average Bonchev–Trinajstić information content (AvgIpc) is 2.18. The lowest BCUT2D eigenvalue weighted by atomic mass is 10.4. The molecule has 0 amide bonds. The maximum atomic E-state index is 3.83. The van der Waals surface area contributed by atoms with Gasteiger partial charge in [-0.25, -0.2) is 0 Å². The maximum Gasteiger partial charge on any atom is 0.105 e. The van der Waals surface area contributed by atoms with Crippen LogP contribution in [0.25, 0.3) is 0 Å². The lowest BCUT2D eigenvalue weighted by molar-refractivity contribution is 0.815. The fourth-order valence-corrected chi connectivity index (χ4v) is 0.954. The van der Waals surface area contributed by atoms with Crippen molar-refractivity contribution in [3.05, 3.63) is 16.4 Å². The smallest absolute Gasteiger partial charge is 0.105 e. The first-order valence-corrected chi connectivity index (χ1v) is 3.46. The Morgan fingerprint density at radius 1 is 1.89 bits per heavy atom. The summed E-state index contributed by atoms with van der Waals surface area (Å²) in [5.41, 5.74) is 1.15. The van der Waals surface area contributed by atoms with Crippen molar-refractivity contribution >= 4 is 15.9 Å². The molecule has 0 aliphatic carbocycles. The van der Waals surface area contributed by atoms with Gasteiger partial charge in [-0.1, -0.05) is 0 Å². The number of H-pyrrole nitrogens is 1. The van der Waals surface area contributed by atoms with E-state index in [0.29, 0.717) is 0 Å². The van der Waals surface area contributed by atoms with E-state index in [1.54, 1.807) is 6.20 Å². The summed E-state index contributed by atoms with van der Waals surface area (Å²) in [7, 11) is 1.90. The number of nitrogens with zero attached hydrogens (tertiary/aromatic N) is 1. The van der Waals surface area contributed by atoms with Crippen molar-refractivity contribution in [1.82, 2.24) is 15.5 Å². The van der Waals surface area contributed by atoms with Crippen molar-refractivity contribution < 1.29 is 0 Å². The molecule has 0 radical (unpaired) electrons. The minimum atomic E-state index is 0.844. The van der Waals surface area contributed by atoms with Crippen molar-refractivity contribution in [2.45, 2.75) is 6.54 Å². The number of nitrogens with one attached hydrogen (secondary N) is 2. The van der Waals surface area contributed by atoms with E-state index in [1.165, 1.54) is 0 Å². The fourth-order valence-electron chi connectivity index (χ4n) is 0.609. The number of aromatic amines is 1. The molecule has 0 saturated heterocycles. The molecule has 1 rings (SSSR count). The van der Waals surface area contributed by atoms with E-state index < -0.39 is 0 Å². The highest BCUT2D eigenvalue weighted by Crippen LogP contribution is 2.10. The number of aromatic nitrogens is 2. The highest BCUT2D eigenvalue weighted by Gasteiger charge is 1.97. The summed E-state index contributed by atoms with van der Waals surface area (Å²) in [5.74, 6) is 0. The molecule has 0 spiro atoms. The monoisotopic (exact) mass is 189 g/mol. The largest absolute Gasteiger partial charge is 0.316 e. The predicted octanol–water partition coefficient (Wildman–Crippen LogP) is 0.892. The van der Waals surface area contributed by atoms with Crippen LogP contribution in [0.1, 0.15) is 5.56 Å². The number of rotatable bonds is 2. The van der Waals surface area contributed by atoms with Crippen LogP contribution in [0.4, 0.5) is 0 Å². The SMILES string of the molecule is CNCc1cn[nH]c1Br. The van der Waals surface area contributed by atoms with E-state index in [2.05, 4.69) is 31.4 Å². The fraction of sp³-hybridized carbons (Fsp3) is 0.400. The van der Waals surface area contributed by atoms with Gasteiger partial charge in [0.25, 0.3) is 0 Å². The van der Waals surface area contributed by atoms with E-state index in [1.807, 2.05) is 7.05 Å². The standard InChI is InChI=1S/C5H8BrN3/c1-7-2-4-3-8-9-5(4)6/h3,7H,2H2,1H3,(H,8,9). The molecule has 0 aliphatic rings. The number of halogens is 1. The van der Waals surface area contributed by atoms with E-state index in [-0.39, 0.29) is 0 Å². The zero-order valence-corrected chi connectivity index (χ0v) is 6.70. The van der Waals surface area contributed by atoms with Gasteiger partial charge in [0.2, 0.25) is 0 Å². The first-order valence-electron chi connectivity index (χ1n) is 2.67. The molecular weight excluding hydrogens is 182 g/mol. The molecule has 0 unspecified atom stereocenters. The van der Waals surface area contributed by atoms with E-state index in [9.17, 15) is 0 Å². The van der Waals surface area contributed by atoms with Crippen LogP contribution >= 0.6 is 15.9 Å². The molecule has 0 aromatic carbocycles. The van der Waals surface area contributed by atoms with E-state index in [0.717, 1.165) is 16.7 Å². The van der Waals surface area contributed by atoms with Gasteiger partial charge >= 0.3 is 0 Å². The topological polar surface area (TPSA) is 40.7 Å². The molecule has 0 aliphatic heterocycles. The minimum absolute atomic E-state index is 0.844. The van der Waals surface area contributed by atoms with Gasteiger partial charge in [-0.3, -0.25) is 5.10 Å². The first-order chi connectivity index (χ1) is 4.34. The molecule has 2 N–H and O–H groups in total. The first kappa shape index (κ1) is 6.77. The van der Waals surface area contributed by atoms with Crippen LogP contribution in [-0.4, -0.2) is 17.2 Å². The predicted molar refractivity (Wildman–Crippen MR) is 39.1 cm³/mol. The van der Waals surface area contributed by atoms with Crippen LogP contribution in [0.15, 0.2) is 10.8 Å². The third-order valence-electron chi connectivity index (χ3n) is 1.03. The van der Waals surface area contributed by atoms with Crippen molar-refractivity contribution in [2.75, 3.05) is 7.05 Å². The van der Waals surface area contributed by atoms with Crippen LogP contribution in [0.3, 0.4) is 0 Å². The van der Waals surface area contributed by atoms with Crippen LogP contribution in [0.5, 0.6) is 0 Å². The molecule has 0 atom stereocenters. The second-order valence-electron chi connectivity index (χ2n) is 1.74. The third kappa shape index (κ3) is 1.53. The Morgan fingerprint density at radius 3 is 3.11 bits per heavy atom. The van der Waals surface area contributed by atoms with Crippen molar-refractivity contribution in [3.63, 3.8) is 0 Å². The van der Waals surface area contributed by atoms with Gasteiger partial charge < -0.3 is 5.32 Å². The Hall–Kier alpha value is -0.350. The second kappa shape index (κ2) is 2.98. The normalized spacial score (nSPS) is 10.0. The summed E-state index contributed by atoms with van der Waals surface area (Å²) >= 11 is 3.31. The second-order valence-corrected chi connectivity index (χ2v) is 2.53. The summed E-state index contributed by atoms with van der Waals surface area (Å²) in [6.07, 6.45) is 1.79. The van der Waals surface area contributed by atoms with Crippen LogP contribution in [0.2, 0.25) is 0 Å². The maximum absolute atomic E-state index is 3.83. The summed E-state index contributed by atoms with van der Waals surface area (Å²) in [4.78, 5) is 0. The highest BCUT2D eigenvalue weighted by molar-refractivity contribution is 9.10. The molecule has 0 bridgehead atoms. The molecule has 1 aromatic rings. The Balaban J connectivity index is 2.69. The number of hydrogen-bond acceptors (Lipinski definition) is 2. The molecule has 9 heavy (non-hydrogen) atoms. The highest BCUT2D eigenvalue weighted by atomic mass is 79.9. The Bertz CT molecular complexity index is 184. The van der Waals surface area contributed by atoms with Gasteiger partial charge in [0, 0.05) is 12.1 Å². The summed E-state index contributed by atoms with van der Waals surface area (Å²) in [5, 5.41) is 9.63. The van der Waals surface area contributed by atoms with Crippen molar-refractivity contribution in [3.8, 4) is 0 Å². The summed E-state index contributed by atoms with van der Waals surface area (Å²) < 4.78 is 0.955. The zero-order chi connectivity index (χ0) is 6.69. The van der Waals surface area contributed by atoms with Gasteiger partial charge in [0.05, 0.1) is 6.20 Å². The average molecular weight is 190 g/mol. The Labute approximate surface area is 62.0 Å². The van der Waals surface area contributed by atoms with Crippen LogP contribution < -0.4 is 5.32 Å². The van der Waals surface area contributed by atoms with E-state index in [4.69, 9.17) is 0 Å². The van der Waals surface area contributed by atoms with Crippen molar-refractivity contribution in [1.29, 1.82) is 0 Å². The van der Waals surface area contributed by atoms with Gasteiger partial charge in [-0.15, -0.1) is 0 Å². The molecular formula is C5H8BrN3. The molecule has 0 fully saturated rings. The molecule has 1 heterocycles. The van der Waals surface area contributed by atoms with Gasteiger partial charge in [-0.05, 0) is 23.0 Å². The zero-order valence-electron chi connectivity index (χ0n) is 5.11. The molecule has 1 aromatic heterocycles. The quantitative estimate of drug-likeness (QED) is 0.727. The molecule has 4 heteroatoms. The molecule has 0 saturated carbocycles. The lowest BCUT2D eigenvalue weighted by Crippen LogP contribution is -2.04. The molecule has 3 nitrogen and oxygen atoms in total. The van der Waals surface area contributed by atoms with Crippen LogP contribution in [-0.2, 0) is 6.54 Å². The van der Waals surface area contributed by atoms with Gasteiger partial charge in [0.1, 0.15) is 4.60 Å². The Morgan fingerprint density at radius 2 is 2.67 bits per heavy atom. The summed E-state index contributed by atoms with van der Waals surface area (Å²) in [6, 6.07) is 0. The van der Waals surface area contributed by atoms with Crippen LogP contribution in [0, 0.1) is 0 Å². The third-order valence-corrected chi connectivity index (χ3v) is 1.72.